The minimum absolute atomic E-state index is 0.266. The van der Waals surface area contributed by atoms with Crippen LogP contribution in [0.2, 0.25) is 0 Å². The third-order valence-corrected chi connectivity index (χ3v) is 3.91. The Balaban J connectivity index is 1.80. The lowest BCUT2D eigenvalue weighted by atomic mass is 10.0. The standard InChI is InChI=1S/C20H14O3/c1-13-6-8-18-15(10-13)7-9-19(23-18)17-11-14-4-2-3-5-16(14)12-22-20(17)21/h2-8,10-11H,12H2,1H3. The number of fused-ring (bicyclic) bond motifs is 2. The summed E-state index contributed by atoms with van der Waals surface area (Å²) in [7, 11) is 0. The van der Waals surface area contributed by atoms with Gasteiger partial charge in [0.25, 0.3) is 0 Å². The van der Waals surface area contributed by atoms with Crippen molar-refractivity contribution in [3.63, 3.8) is 0 Å². The van der Waals surface area contributed by atoms with E-state index in [1.165, 1.54) is 0 Å². The van der Waals surface area contributed by atoms with Crippen LogP contribution in [0.15, 0.2) is 59.5 Å². The lowest BCUT2D eigenvalue weighted by molar-refractivity contribution is -0.139. The van der Waals surface area contributed by atoms with E-state index in [2.05, 4.69) is 5.73 Å². The summed E-state index contributed by atoms with van der Waals surface area (Å²) < 4.78 is 11.2. The molecule has 3 heteroatoms. The Bertz CT molecular complexity index is 912. The van der Waals surface area contributed by atoms with E-state index in [9.17, 15) is 4.79 Å². The molecular weight excluding hydrogens is 288 g/mol. The summed E-state index contributed by atoms with van der Waals surface area (Å²) in [6.45, 7) is 2.29. The predicted molar refractivity (Wildman–Crippen MR) is 87.5 cm³/mol. The second kappa shape index (κ2) is 5.31. The molecule has 3 nitrogen and oxygen atoms in total. The lowest BCUT2D eigenvalue weighted by Crippen LogP contribution is -2.12. The molecule has 0 aliphatic carbocycles. The molecule has 0 bridgehead atoms. The first kappa shape index (κ1) is 13.6. The van der Waals surface area contributed by atoms with Gasteiger partial charge < -0.3 is 9.47 Å². The highest BCUT2D eigenvalue weighted by Crippen LogP contribution is 2.31. The Hall–Kier alpha value is -3.03. The van der Waals surface area contributed by atoms with Crippen LogP contribution in [-0.2, 0) is 16.1 Å². The van der Waals surface area contributed by atoms with E-state index >= 15 is 0 Å². The summed E-state index contributed by atoms with van der Waals surface area (Å²) >= 11 is 0. The number of carbonyl (C=O) groups excluding carboxylic acids is 1. The smallest absolute Gasteiger partial charge is 0.342 e. The topological polar surface area (TPSA) is 35.5 Å². The van der Waals surface area contributed by atoms with Crippen molar-refractivity contribution in [2.45, 2.75) is 13.5 Å². The van der Waals surface area contributed by atoms with Crippen LogP contribution in [0.5, 0.6) is 5.75 Å². The predicted octanol–water partition coefficient (Wildman–Crippen LogP) is 4.02. The maximum Gasteiger partial charge on any atom is 0.342 e. The zero-order valence-electron chi connectivity index (χ0n) is 12.6. The van der Waals surface area contributed by atoms with Crippen LogP contribution in [0.3, 0.4) is 0 Å². The molecule has 2 aliphatic rings. The highest BCUT2D eigenvalue weighted by Gasteiger charge is 2.24. The maximum atomic E-state index is 12.3. The normalized spacial score (nSPS) is 15.4. The van der Waals surface area contributed by atoms with Gasteiger partial charge in [-0.1, -0.05) is 41.6 Å². The van der Waals surface area contributed by atoms with Crippen molar-refractivity contribution in [3.8, 4) is 5.75 Å². The molecule has 0 amide bonds. The maximum absolute atomic E-state index is 12.3. The van der Waals surface area contributed by atoms with E-state index in [1.54, 1.807) is 6.08 Å². The zero-order valence-corrected chi connectivity index (χ0v) is 12.6. The van der Waals surface area contributed by atoms with Gasteiger partial charge in [0.1, 0.15) is 17.9 Å². The van der Waals surface area contributed by atoms with Crippen molar-refractivity contribution < 1.29 is 14.3 Å². The van der Waals surface area contributed by atoms with Gasteiger partial charge in [0.2, 0.25) is 0 Å². The Labute approximate surface area is 134 Å². The Morgan fingerprint density at radius 2 is 1.96 bits per heavy atom. The zero-order chi connectivity index (χ0) is 15.8. The Kier molecular flexibility index (Phi) is 3.14. The first-order valence-corrected chi connectivity index (χ1v) is 7.43. The monoisotopic (exact) mass is 302 g/mol. The first-order chi connectivity index (χ1) is 11.2. The van der Waals surface area contributed by atoms with Crippen molar-refractivity contribution in [2.24, 2.45) is 0 Å². The molecule has 0 fully saturated rings. The molecule has 0 saturated heterocycles. The molecule has 2 heterocycles. The summed E-state index contributed by atoms with van der Waals surface area (Å²) in [6, 6.07) is 13.7. The van der Waals surface area contributed by atoms with Crippen LogP contribution in [0, 0.1) is 6.92 Å². The lowest BCUT2D eigenvalue weighted by Gasteiger charge is -2.15. The molecule has 0 spiro atoms. The van der Waals surface area contributed by atoms with Gasteiger partial charge >= 0.3 is 5.97 Å². The number of ether oxygens (including phenoxy) is 2. The number of esters is 1. The van der Waals surface area contributed by atoms with Crippen LogP contribution < -0.4 is 4.74 Å². The van der Waals surface area contributed by atoms with Crippen LogP contribution in [0.4, 0.5) is 0 Å². The third kappa shape index (κ3) is 2.48. The molecule has 112 valence electrons. The first-order valence-electron chi connectivity index (χ1n) is 7.43. The minimum atomic E-state index is -0.396. The average Bonchev–Trinajstić information content (AvgIpc) is 2.74. The van der Waals surface area contributed by atoms with Crippen molar-refractivity contribution in [3.05, 3.63) is 81.8 Å². The number of cyclic esters (lactones) is 1. The molecule has 0 saturated carbocycles. The number of aryl methyl sites for hydroxylation is 1. The molecule has 23 heavy (non-hydrogen) atoms. The molecule has 2 aromatic carbocycles. The summed E-state index contributed by atoms with van der Waals surface area (Å²) in [5.74, 6) is 0.714. The van der Waals surface area contributed by atoms with Gasteiger partial charge in [-0.15, -0.1) is 0 Å². The van der Waals surface area contributed by atoms with E-state index in [4.69, 9.17) is 9.47 Å². The number of hydrogen-bond donors (Lipinski definition) is 0. The summed E-state index contributed by atoms with van der Waals surface area (Å²) in [6.07, 6.45) is 3.64. The van der Waals surface area contributed by atoms with Crippen LogP contribution >= 0.6 is 0 Å². The molecule has 2 aromatic rings. The van der Waals surface area contributed by atoms with E-state index < -0.39 is 5.97 Å². The molecule has 0 unspecified atom stereocenters. The van der Waals surface area contributed by atoms with Gasteiger partial charge in [0.05, 0.1) is 0 Å². The molecule has 0 radical (unpaired) electrons. The second-order valence-electron chi connectivity index (χ2n) is 5.59. The summed E-state index contributed by atoms with van der Waals surface area (Å²) in [5, 5.41) is 0. The van der Waals surface area contributed by atoms with Gasteiger partial charge in [0.15, 0.2) is 5.76 Å². The fourth-order valence-electron chi connectivity index (χ4n) is 2.69. The van der Waals surface area contributed by atoms with Crippen molar-refractivity contribution in [1.82, 2.24) is 0 Å². The van der Waals surface area contributed by atoms with Gasteiger partial charge in [0, 0.05) is 5.56 Å². The second-order valence-corrected chi connectivity index (χ2v) is 5.59. The van der Waals surface area contributed by atoms with Crippen molar-refractivity contribution in [2.75, 3.05) is 0 Å². The highest BCUT2D eigenvalue weighted by atomic mass is 16.5. The Morgan fingerprint density at radius 1 is 1.09 bits per heavy atom. The van der Waals surface area contributed by atoms with Crippen LogP contribution in [0.1, 0.15) is 22.3 Å². The van der Waals surface area contributed by atoms with Crippen molar-refractivity contribution in [1.29, 1.82) is 0 Å². The molecule has 0 N–H and O–H groups in total. The average molecular weight is 302 g/mol. The molecule has 4 rings (SSSR count). The number of rotatable bonds is 1. The van der Waals surface area contributed by atoms with Crippen LogP contribution in [-0.4, -0.2) is 5.97 Å². The fourth-order valence-corrected chi connectivity index (χ4v) is 2.69. The third-order valence-electron chi connectivity index (χ3n) is 3.91. The minimum Gasteiger partial charge on any atom is -0.457 e. The van der Waals surface area contributed by atoms with E-state index in [1.807, 2.05) is 55.5 Å². The molecule has 0 atom stereocenters. The SMILES string of the molecule is Cc1ccc2c(c1)C=C=C(C1=Cc3ccccc3COC1=O)O2. The fraction of sp³-hybridized carbons (Fsp3) is 0.100. The number of carbonyl (C=O) groups is 1. The van der Waals surface area contributed by atoms with E-state index in [0.717, 1.165) is 28.0 Å². The van der Waals surface area contributed by atoms with Crippen LogP contribution in [0.25, 0.3) is 12.2 Å². The largest absolute Gasteiger partial charge is 0.457 e. The van der Waals surface area contributed by atoms with Gasteiger partial charge in [-0.05, 0) is 42.3 Å². The van der Waals surface area contributed by atoms with Gasteiger partial charge in [-0.3, -0.25) is 0 Å². The summed E-state index contributed by atoms with van der Waals surface area (Å²) in [4.78, 5) is 12.3. The Morgan fingerprint density at radius 3 is 2.87 bits per heavy atom. The molecule has 0 aromatic heterocycles. The van der Waals surface area contributed by atoms with E-state index in [-0.39, 0.29) is 6.61 Å². The highest BCUT2D eigenvalue weighted by molar-refractivity contribution is 5.99. The van der Waals surface area contributed by atoms with Gasteiger partial charge in [-0.25, -0.2) is 4.79 Å². The van der Waals surface area contributed by atoms with Crippen molar-refractivity contribution >= 4 is 18.1 Å². The van der Waals surface area contributed by atoms with Gasteiger partial charge in [-0.2, -0.15) is 0 Å². The molecule has 2 aliphatic heterocycles. The number of hydrogen-bond acceptors (Lipinski definition) is 3. The quantitative estimate of drug-likeness (QED) is 0.589. The number of benzene rings is 2. The molecular formula is C20H14O3. The summed E-state index contributed by atoms with van der Waals surface area (Å²) in [5.41, 5.74) is 7.49. The van der Waals surface area contributed by atoms with E-state index in [0.29, 0.717) is 11.3 Å².